The summed E-state index contributed by atoms with van der Waals surface area (Å²) in [7, 11) is 0. The Morgan fingerprint density at radius 1 is 1.40 bits per heavy atom. The van der Waals surface area contributed by atoms with Crippen molar-refractivity contribution in [3.05, 3.63) is 34.9 Å². The summed E-state index contributed by atoms with van der Waals surface area (Å²) in [4.78, 5) is 10.4. The second kappa shape index (κ2) is 5.73. The van der Waals surface area contributed by atoms with Crippen molar-refractivity contribution in [3.8, 4) is 0 Å². The molecule has 0 aliphatic heterocycles. The van der Waals surface area contributed by atoms with Gasteiger partial charge in [0.2, 0.25) is 0 Å². The van der Waals surface area contributed by atoms with Crippen LogP contribution < -0.4 is 5.73 Å². The molecule has 1 aromatic carbocycles. The molecule has 0 saturated carbocycles. The lowest BCUT2D eigenvalue weighted by Gasteiger charge is -2.08. The van der Waals surface area contributed by atoms with E-state index in [9.17, 15) is 4.79 Å². The number of hydrogen-bond donors (Lipinski definition) is 2. The molecule has 1 aromatic rings. The van der Waals surface area contributed by atoms with Crippen LogP contribution in [-0.4, -0.2) is 17.1 Å². The Bertz CT molecular complexity index is 324. The summed E-state index contributed by atoms with van der Waals surface area (Å²) in [6.07, 6.45) is 1.48. The third-order valence-electron chi connectivity index (χ3n) is 2.15. The Morgan fingerprint density at radius 3 is 2.53 bits per heavy atom. The summed E-state index contributed by atoms with van der Waals surface area (Å²) < 4.78 is 0. The van der Waals surface area contributed by atoms with Crippen molar-refractivity contribution >= 4 is 17.6 Å². The molecule has 0 amide bonds. The van der Waals surface area contributed by atoms with Crippen LogP contribution >= 0.6 is 11.6 Å². The van der Waals surface area contributed by atoms with Gasteiger partial charge in [0.15, 0.2) is 0 Å². The van der Waals surface area contributed by atoms with Gasteiger partial charge < -0.3 is 10.8 Å². The number of aryl methyl sites for hydroxylation is 1. The Labute approximate surface area is 93.9 Å². The maximum Gasteiger partial charge on any atom is 0.304 e. The number of rotatable bonds is 5. The van der Waals surface area contributed by atoms with Crippen LogP contribution in [0.4, 0.5) is 0 Å². The highest BCUT2D eigenvalue weighted by atomic mass is 35.5. The number of aliphatic carboxylic acids is 1. The fourth-order valence-electron chi connectivity index (χ4n) is 1.33. The van der Waals surface area contributed by atoms with Gasteiger partial charge in [-0.25, -0.2) is 0 Å². The Balaban J connectivity index is 2.36. The van der Waals surface area contributed by atoms with Crippen molar-refractivity contribution in [2.45, 2.75) is 25.3 Å². The summed E-state index contributed by atoms with van der Waals surface area (Å²) in [5.74, 6) is -0.849. The van der Waals surface area contributed by atoms with Gasteiger partial charge in [0.1, 0.15) is 0 Å². The normalized spacial score (nSPS) is 12.4. The van der Waals surface area contributed by atoms with Crippen molar-refractivity contribution in [1.82, 2.24) is 0 Å². The largest absolute Gasteiger partial charge is 0.481 e. The van der Waals surface area contributed by atoms with Crippen LogP contribution in [0.2, 0.25) is 5.02 Å². The SMILES string of the molecule is NC(CCc1ccc(Cl)cc1)CC(=O)O. The minimum absolute atomic E-state index is 0.0214. The molecule has 4 heteroatoms. The molecule has 1 rings (SSSR count). The predicted molar refractivity (Wildman–Crippen MR) is 60.0 cm³/mol. The zero-order chi connectivity index (χ0) is 11.3. The van der Waals surface area contributed by atoms with Gasteiger partial charge in [-0.2, -0.15) is 0 Å². The Morgan fingerprint density at radius 2 is 2.00 bits per heavy atom. The molecule has 0 aromatic heterocycles. The molecular formula is C11H14ClNO2. The van der Waals surface area contributed by atoms with E-state index in [1.165, 1.54) is 0 Å². The van der Waals surface area contributed by atoms with E-state index in [-0.39, 0.29) is 12.5 Å². The summed E-state index contributed by atoms with van der Waals surface area (Å²) in [5, 5.41) is 9.22. The molecule has 3 nitrogen and oxygen atoms in total. The molecule has 3 N–H and O–H groups in total. The third kappa shape index (κ3) is 4.81. The van der Waals surface area contributed by atoms with Crippen LogP contribution in [0.3, 0.4) is 0 Å². The fraction of sp³-hybridized carbons (Fsp3) is 0.364. The molecular weight excluding hydrogens is 214 g/mol. The zero-order valence-corrected chi connectivity index (χ0v) is 9.07. The van der Waals surface area contributed by atoms with Crippen LogP contribution in [0.15, 0.2) is 24.3 Å². The second-order valence-electron chi connectivity index (χ2n) is 3.52. The highest BCUT2D eigenvalue weighted by molar-refractivity contribution is 6.30. The quantitative estimate of drug-likeness (QED) is 0.810. The van der Waals surface area contributed by atoms with Crippen molar-refractivity contribution in [2.24, 2.45) is 5.73 Å². The molecule has 0 spiro atoms. The van der Waals surface area contributed by atoms with Crippen LogP contribution in [0, 0.1) is 0 Å². The molecule has 82 valence electrons. The zero-order valence-electron chi connectivity index (χ0n) is 8.32. The van der Waals surface area contributed by atoms with Crippen LogP contribution in [0.5, 0.6) is 0 Å². The molecule has 0 fully saturated rings. The maximum absolute atomic E-state index is 10.4. The smallest absolute Gasteiger partial charge is 0.304 e. The lowest BCUT2D eigenvalue weighted by atomic mass is 10.0. The Kier molecular flexibility index (Phi) is 4.59. The van der Waals surface area contributed by atoms with Gasteiger partial charge in [0.05, 0.1) is 6.42 Å². The van der Waals surface area contributed by atoms with E-state index in [1.807, 2.05) is 24.3 Å². The van der Waals surface area contributed by atoms with E-state index in [0.717, 1.165) is 12.0 Å². The molecule has 1 unspecified atom stereocenters. The summed E-state index contributed by atoms with van der Waals surface area (Å²) in [6, 6.07) is 7.21. The van der Waals surface area contributed by atoms with Crippen LogP contribution in [0.25, 0.3) is 0 Å². The van der Waals surface area contributed by atoms with Crippen molar-refractivity contribution in [2.75, 3.05) is 0 Å². The Hall–Kier alpha value is -1.06. The topological polar surface area (TPSA) is 63.3 Å². The third-order valence-corrected chi connectivity index (χ3v) is 2.41. The van der Waals surface area contributed by atoms with Gasteiger partial charge in [0, 0.05) is 11.1 Å². The van der Waals surface area contributed by atoms with Gasteiger partial charge in [-0.05, 0) is 30.5 Å². The number of benzene rings is 1. The predicted octanol–water partition coefficient (Wildman–Crippen LogP) is 2.07. The first-order chi connectivity index (χ1) is 7.08. The van der Waals surface area contributed by atoms with Gasteiger partial charge in [-0.3, -0.25) is 4.79 Å². The number of carboxylic acids is 1. The van der Waals surface area contributed by atoms with E-state index in [1.54, 1.807) is 0 Å². The van der Waals surface area contributed by atoms with E-state index in [4.69, 9.17) is 22.4 Å². The van der Waals surface area contributed by atoms with E-state index in [0.29, 0.717) is 11.4 Å². The first kappa shape index (κ1) is 12.0. The number of halogens is 1. The van der Waals surface area contributed by atoms with E-state index >= 15 is 0 Å². The van der Waals surface area contributed by atoms with E-state index < -0.39 is 5.97 Å². The average molecular weight is 228 g/mol. The second-order valence-corrected chi connectivity index (χ2v) is 3.96. The molecule has 0 aliphatic carbocycles. The minimum atomic E-state index is -0.849. The molecule has 0 bridgehead atoms. The fourth-order valence-corrected chi connectivity index (χ4v) is 1.46. The first-order valence-corrected chi connectivity index (χ1v) is 5.17. The number of carbonyl (C=O) groups is 1. The summed E-state index contributed by atoms with van der Waals surface area (Å²) in [6.45, 7) is 0. The molecule has 15 heavy (non-hydrogen) atoms. The van der Waals surface area contributed by atoms with Crippen molar-refractivity contribution in [1.29, 1.82) is 0 Å². The molecule has 0 heterocycles. The summed E-state index contributed by atoms with van der Waals surface area (Å²) >= 11 is 5.74. The van der Waals surface area contributed by atoms with Gasteiger partial charge in [0.25, 0.3) is 0 Å². The minimum Gasteiger partial charge on any atom is -0.481 e. The maximum atomic E-state index is 10.4. The highest BCUT2D eigenvalue weighted by Crippen LogP contribution is 2.11. The van der Waals surface area contributed by atoms with Crippen molar-refractivity contribution < 1.29 is 9.90 Å². The molecule has 0 aliphatic rings. The highest BCUT2D eigenvalue weighted by Gasteiger charge is 2.07. The van der Waals surface area contributed by atoms with Crippen LogP contribution in [-0.2, 0) is 11.2 Å². The van der Waals surface area contributed by atoms with Gasteiger partial charge >= 0.3 is 5.97 Å². The number of hydrogen-bond acceptors (Lipinski definition) is 2. The molecule has 0 radical (unpaired) electrons. The molecule has 1 atom stereocenters. The lowest BCUT2D eigenvalue weighted by molar-refractivity contribution is -0.137. The molecule has 0 saturated heterocycles. The monoisotopic (exact) mass is 227 g/mol. The number of carboxylic acid groups (broad SMARTS) is 1. The first-order valence-electron chi connectivity index (χ1n) is 4.80. The summed E-state index contributed by atoms with van der Waals surface area (Å²) in [5.41, 5.74) is 6.77. The van der Waals surface area contributed by atoms with Gasteiger partial charge in [-0.15, -0.1) is 0 Å². The van der Waals surface area contributed by atoms with Crippen LogP contribution in [0.1, 0.15) is 18.4 Å². The van der Waals surface area contributed by atoms with E-state index in [2.05, 4.69) is 0 Å². The average Bonchev–Trinajstić information content (AvgIpc) is 2.16. The van der Waals surface area contributed by atoms with Gasteiger partial charge in [-0.1, -0.05) is 23.7 Å². The lowest BCUT2D eigenvalue weighted by Crippen LogP contribution is -2.24. The number of nitrogens with two attached hydrogens (primary N) is 1. The standard InChI is InChI=1S/C11H14ClNO2/c12-9-4-1-8(2-5-9)3-6-10(13)7-11(14)15/h1-2,4-5,10H,3,6-7,13H2,(H,14,15). The van der Waals surface area contributed by atoms with Crippen molar-refractivity contribution in [3.63, 3.8) is 0 Å².